The number of non-ortho nitro benzene ring substituents is 1. The van der Waals surface area contributed by atoms with Crippen LogP contribution in [0.2, 0.25) is 0 Å². The summed E-state index contributed by atoms with van der Waals surface area (Å²) in [5, 5.41) is 22.4. The number of nitro groups is 1. The normalized spacial score (nSPS) is 27.7. The molecule has 1 fully saturated rings. The Morgan fingerprint density at radius 3 is 1.97 bits per heavy atom. The number of benzene rings is 3. The van der Waals surface area contributed by atoms with Crippen LogP contribution in [0.25, 0.3) is 0 Å². The number of amides is 2. The number of anilines is 1. The van der Waals surface area contributed by atoms with E-state index in [1.807, 2.05) is 48.5 Å². The Kier molecular flexibility index (Phi) is 3.95. The first-order valence-electron chi connectivity index (χ1n) is 10.9. The molecule has 7 heteroatoms. The van der Waals surface area contributed by atoms with Gasteiger partial charge in [-0.2, -0.15) is 0 Å². The van der Waals surface area contributed by atoms with Crippen LogP contribution in [0, 0.1) is 22.0 Å². The van der Waals surface area contributed by atoms with E-state index < -0.39 is 28.3 Å². The van der Waals surface area contributed by atoms with Crippen LogP contribution in [0.5, 0.6) is 0 Å². The third-order valence-electron chi connectivity index (χ3n) is 7.66. The fourth-order valence-corrected chi connectivity index (χ4v) is 6.52. The van der Waals surface area contributed by atoms with Crippen LogP contribution in [0.15, 0.2) is 72.8 Å². The van der Waals surface area contributed by atoms with Gasteiger partial charge in [0.25, 0.3) is 5.69 Å². The van der Waals surface area contributed by atoms with Crippen LogP contribution >= 0.6 is 0 Å². The predicted octanol–water partition coefficient (Wildman–Crippen LogP) is 3.53. The van der Waals surface area contributed by atoms with Crippen molar-refractivity contribution in [3.05, 3.63) is 105 Å². The lowest BCUT2D eigenvalue weighted by atomic mass is 9.46. The Bertz CT molecular complexity index is 1300. The highest BCUT2D eigenvalue weighted by Gasteiger charge is 2.69. The highest BCUT2D eigenvalue weighted by Crippen LogP contribution is 2.65. The molecule has 2 amide bonds. The van der Waals surface area contributed by atoms with Gasteiger partial charge in [0, 0.05) is 18.1 Å². The molecule has 1 heterocycles. The average Bonchev–Trinajstić information content (AvgIpc) is 3.09. The van der Waals surface area contributed by atoms with Crippen molar-refractivity contribution in [1.82, 2.24) is 0 Å². The SMILES string of the molecule is C[C@@H](O)C12c3ccccc3C(c3ccccc31)[C@H]1C(=O)N(c3ccc([N+](=O)[O-])cc3)C(=O)[C@H]12. The van der Waals surface area contributed by atoms with Crippen LogP contribution in [-0.4, -0.2) is 27.9 Å². The van der Waals surface area contributed by atoms with E-state index in [0.717, 1.165) is 27.2 Å². The van der Waals surface area contributed by atoms with Gasteiger partial charge in [0.15, 0.2) is 0 Å². The summed E-state index contributed by atoms with van der Waals surface area (Å²) < 4.78 is 0. The Morgan fingerprint density at radius 2 is 1.45 bits per heavy atom. The molecule has 3 aromatic rings. The Labute approximate surface area is 189 Å². The van der Waals surface area contributed by atoms with Crippen LogP contribution in [0.4, 0.5) is 11.4 Å². The maximum absolute atomic E-state index is 13.9. The van der Waals surface area contributed by atoms with Crippen molar-refractivity contribution < 1.29 is 19.6 Å². The van der Waals surface area contributed by atoms with Gasteiger partial charge in [-0.05, 0) is 41.3 Å². The molecular formula is C26H20N2O5. The van der Waals surface area contributed by atoms with Gasteiger partial charge in [0.2, 0.25) is 11.8 Å². The lowest BCUT2D eigenvalue weighted by Gasteiger charge is -2.55. The van der Waals surface area contributed by atoms with Gasteiger partial charge in [-0.3, -0.25) is 19.7 Å². The van der Waals surface area contributed by atoms with Gasteiger partial charge in [-0.25, -0.2) is 4.90 Å². The monoisotopic (exact) mass is 440 g/mol. The smallest absolute Gasteiger partial charge is 0.269 e. The van der Waals surface area contributed by atoms with E-state index in [1.54, 1.807) is 6.92 Å². The van der Waals surface area contributed by atoms with Gasteiger partial charge in [-0.1, -0.05) is 48.5 Å². The van der Waals surface area contributed by atoms with Crippen molar-refractivity contribution in [3.63, 3.8) is 0 Å². The second-order valence-corrected chi connectivity index (χ2v) is 8.99. The van der Waals surface area contributed by atoms with Crippen LogP contribution < -0.4 is 4.90 Å². The molecule has 164 valence electrons. The summed E-state index contributed by atoms with van der Waals surface area (Å²) in [6.07, 6.45) is -0.929. The molecule has 3 aromatic carbocycles. The van der Waals surface area contributed by atoms with Gasteiger partial charge >= 0.3 is 0 Å². The third-order valence-corrected chi connectivity index (χ3v) is 7.66. The molecule has 0 saturated carbocycles. The number of carbonyl (C=O) groups excluding carboxylic acids is 2. The summed E-state index contributed by atoms with van der Waals surface area (Å²) in [4.78, 5) is 39.5. The summed E-state index contributed by atoms with van der Waals surface area (Å²) >= 11 is 0. The number of nitro benzene ring substituents is 1. The molecule has 1 saturated heterocycles. The molecule has 1 N–H and O–H groups in total. The molecular weight excluding hydrogens is 420 g/mol. The quantitative estimate of drug-likeness (QED) is 0.382. The number of hydrogen-bond acceptors (Lipinski definition) is 5. The molecule has 0 unspecified atom stereocenters. The van der Waals surface area contributed by atoms with E-state index in [1.165, 1.54) is 24.3 Å². The van der Waals surface area contributed by atoms with Crippen LogP contribution in [0.3, 0.4) is 0 Å². The van der Waals surface area contributed by atoms with E-state index in [9.17, 15) is 24.8 Å². The zero-order valence-corrected chi connectivity index (χ0v) is 17.7. The standard InChI is InChI=1S/C26H20N2O5/c1-14(29)26-19-8-4-2-6-17(19)21(18-7-3-5-9-20(18)26)22-23(26)25(31)27(24(22)30)15-10-12-16(13-11-15)28(32)33/h2-14,21-23,29H,1H3/t14-,21?,22-,23+,26?/m1/s1. The Morgan fingerprint density at radius 1 is 0.909 bits per heavy atom. The minimum atomic E-state index is -1.06. The number of imide groups is 1. The molecule has 7 nitrogen and oxygen atoms in total. The molecule has 2 bridgehead atoms. The van der Waals surface area contributed by atoms with Gasteiger partial charge in [0.1, 0.15) is 0 Å². The molecule has 4 aliphatic rings. The number of aliphatic hydroxyl groups excluding tert-OH is 1. The van der Waals surface area contributed by atoms with E-state index in [2.05, 4.69) is 0 Å². The third kappa shape index (κ3) is 2.27. The Hall–Kier alpha value is -3.84. The second-order valence-electron chi connectivity index (χ2n) is 8.99. The summed E-state index contributed by atoms with van der Waals surface area (Å²) in [6, 6.07) is 21.0. The van der Waals surface area contributed by atoms with Crippen molar-refractivity contribution in [2.75, 3.05) is 4.90 Å². The molecule has 0 radical (unpaired) electrons. The maximum atomic E-state index is 13.9. The van der Waals surface area contributed by atoms with E-state index >= 15 is 0 Å². The van der Waals surface area contributed by atoms with Crippen molar-refractivity contribution in [1.29, 1.82) is 0 Å². The van der Waals surface area contributed by atoms with E-state index in [-0.39, 0.29) is 23.4 Å². The van der Waals surface area contributed by atoms with Crippen molar-refractivity contribution in [3.8, 4) is 0 Å². The molecule has 7 rings (SSSR count). The number of rotatable bonds is 3. The van der Waals surface area contributed by atoms with Crippen LogP contribution in [0.1, 0.15) is 35.1 Å². The summed E-state index contributed by atoms with van der Waals surface area (Å²) in [6.45, 7) is 1.68. The number of nitrogens with zero attached hydrogens (tertiary/aromatic N) is 2. The molecule has 0 aromatic heterocycles. The molecule has 0 spiro atoms. The van der Waals surface area contributed by atoms with Crippen molar-refractivity contribution in [2.24, 2.45) is 11.8 Å². The summed E-state index contributed by atoms with van der Waals surface area (Å²) in [5.74, 6) is -2.45. The minimum Gasteiger partial charge on any atom is -0.392 e. The molecule has 3 aliphatic carbocycles. The molecule has 33 heavy (non-hydrogen) atoms. The highest BCUT2D eigenvalue weighted by molar-refractivity contribution is 6.23. The van der Waals surface area contributed by atoms with Gasteiger partial charge in [0.05, 0.1) is 34.0 Å². The fraction of sp³-hybridized carbons (Fsp3) is 0.231. The maximum Gasteiger partial charge on any atom is 0.269 e. The second kappa shape index (κ2) is 6.59. The average molecular weight is 440 g/mol. The van der Waals surface area contributed by atoms with E-state index in [0.29, 0.717) is 5.69 Å². The summed E-state index contributed by atoms with van der Waals surface area (Å²) in [5.41, 5.74) is 2.83. The topological polar surface area (TPSA) is 101 Å². The lowest BCUT2D eigenvalue weighted by molar-refractivity contribution is -0.384. The number of carbonyl (C=O) groups is 2. The zero-order valence-electron chi connectivity index (χ0n) is 17.7. The fourth-order valence-electron chi connectivity index (χ4n) is 6.52. The first-order chi connectivity index (χ1) is 15.9. The minimum absolute atomic E-state index is 0.115. The zero-order chi connectivity index (χ0) is 23.1. The van der Waals surface area contributed by atoms with Gasteiger partial charge < -0.3 is 5.11 Å². The predicted molar refractivity (Wildman–Crippen MR) is 120 cm³/mol. The first kappa shape index (κ1) is 19.8. The van der Waals surface area contributed by atoms with Gasteiger partial charge in [-0.15, -0.1) is 0 Å². The number of aliphatic hydroxyl groups is 1. The largest absolute Gasteiger partial charge is 0.392 e. The Balaban J connectivity index is 1.60. The van der Waals surface area contributed by atoms with E-state index in [4.69, 9.17) is 0 Å². The molecule has 1 aliphatic heterocycles. The number of hydrogen-bond donors (Lipinski definition) is 1. The van der Waals surface area contributed by atoms with Crippen molar-refractivity contribution >= 4 is 23.2 Å². The lowest BCUT2D eigenvalue weighted by Crippen LogP contribution is -2.58. The summed E-state index contributed by atoms with van der Waals surface area (Å²) in [7, 11) is 0. The van der Waals surface area contributed by atoms with Crippen LogP contribution in [-0.2, 0) is 15.0 Å². The van der Waals surface area contributed by atoms with Crippen molar-refractivity contribution in [2.45, 2.75) is 24.4 Å². The first-order valence-corrected chi connectivity index (χ1v) is 10.9. The highest BCUT2D eigenvalue weighted by atomic mass is 16.6. The molecule has 3 atom stereocenters.